The number of hydrogen-bond donors (Lipinski definition) is 1. The summed E-state index contributed by atoms with van der Waals surface area (Å²) in [6, 6.07) is 17.6. The van der Waals surface area contributed by atoms with Crippen molar-refractivity contribution in [1.82, 2.24) is 14.3 Å². The second-order valence-corrected chi connectivity index (χ2v) is 8.05. The van der Waals surface area contributed by atoms with Gasteiger partial charge in [0.05, 0.1) is 16.3 Å². The van der Waals surface area contributed by atoms with Gasteiger partial charge >= 0.3 is 0 Å². The summed E-state index contributed by atoms with van der Waals surface area (Å²) in [4.78, 5) is 31.6. The van der Waals surface area contributed by atoms with Gasteiger partial charge in [-0.3, -0.25) is 9.59 Å². The molecule has 0 saturated carbocycles. The van der Waals surface area contributed by atoms with Gasteiger partial charge in [-0.2, -0.15) is 0 Å². The molecule has 4 rings (SSSR count). The van der Waals surface area contributed by atoms with Crippen molar-refractivity contribution < 1.29 is 14.3 Å². The molecule has 2 aromatic heterocycles. The molecule has 1 N–H and O–H groups in total. The zero-order valence-corrected chi connectivity index (χ0v) is 19.7. The number of halogens is 1. The number of carbonyl (C=O) groups excluding carboxylic acids is 2. The van der Waals surface area contributed by atoms with Crippen LogP contribution in [0.25, 0.3) is 5.65 Å². The summed E-state index contributed by atoms with van der Waals surface area (Å²) in [7, 11) is 0. The van der Waals surface area contributed by atoms with Gasteiger partial charge in [0.25, 0.3) is 11.8 Å². The average Bonchev–Trinajstić information content (AvgIpc) is 3.27. The van der Waals surface area contributed by atoms with E-state index >= 15 is 0 Å². The summed E-state index contributed by atoms with van der Waals surface area (Å²) in [6.07, 6.45) is 3.83. The summed E-state index contributed by atoms with van der Waals surface area (Å²) in [5.41, 5.74) is 2.98. The van der Waals surface area contributed by atoms with Crippen LogP contribution in [-0.4, -0.2) is 39.2 Å². The number of hydrogen-bond acceptors (Lipinski definition) is 4. The van der Waals surface area contributed by atoms with Crippen LogP contribution in [0.15, 0.2) is 73.1 Å². The van der Waals surface area contributed by atoms with Crippen molar-refractivity contribution in [1.29, 1.82) is 0 Å². The molecular weight excluding hydrogens is 452 g/mol. The first-order valence-electron chi connectivity index (χ1n) is 11.0. The van der Waals surface area contributed by atoms with E-state index in [4.69, 9.17) is 16.3 Å². The van der Waals surface area contributed by atoms with Crippen molar-refractivity contribution in [2.24, 2.45) is 0 Å². The monoisotopic (exact) mass is 476 g/mol. The summed E-state index contributed by atoms with van der Waals surface area (Å²) in [5, 5.41) is 3.11. The number of ether oxygens (including phenoxy) is 1. The lowest BCUT2D eigenvalue weighted by atomic mass is 10.1. The number of anilines is 1. The summed E-state index contributed by atoms with van der Waals surface area (Å²) >= 11 is 6.34. The van der Waals surface area contributed by atoms with Crippen LogP contribution >= 0.6 is 11.6 Å². The molecule has 2 heterocycles. The van der Waals surface area contributed by atoms with E-state index in [-0.39, 0.29) is 18.4 Å². The molecule has 7 nitrogen and oxygen atoms in total. The highest BCUT2D eigenvalue weighted by Crippen LogP contribution is 2.24. The second kappa shape index (κ2) is 10.4. The molecule has 0 unspecified atom stereocenters. The van der Waals surface area contributed by atoms with Crippen LogP contribution < -0.4 is 10.1 Å². The Hall–Kier alpha value is -3.84. The summed E-state index contributed by atoms with van der Waals surface area (Å²) in [5.74, 6) is 0.114. The average molecular weight is 477 g/mol. The van der Waals surface area contributed by atoms with Crippen molar-refractivity contribution in [2.75, 3.05) is 18.4 Å². The minimum atomic E-state index is -0.308. The van der Waals surface area contributed by atoms with E-state index in [1.807, 2.05) is 48.8 Å². The predicted molar refractivity (Wildman–Crippen MR) is 133 cm³/mol. The Bertz CT molecular complexity index is 1300. The maximum atomic E-state index is 12.8. The molecule has 8 heteroatoms. The molecule has 4 aromatic rings. The van der Waals surface area contributed by atoms with Crippen LogP contribution in [0.3, 0.4) is 0 Å². The third kappa shape index (κ3) is 5.21. The molecule has 0 bridgehead atoms. The number of carbonyl (C=O) groups is 2. The topological polar surface area (TPSA) is 75.9 Å². The molecule has 174 valence electrons. The molecule has 0 aliphatic heterocycles. The minimum absolute atomic E-state index is 0.136. The molecule has 0 aliphatic rings. The van der Waals surface area contributed by atoms with Crippen LogP contribution in [-0.2, 0) is 6.61 Å². The van der Waals surface area contributed by atoms with Crippen LogP contribution in [0.5, 0.6) is 5.75 Å². The quantitative estimate of drug-likeness (QED) is 0.374. The molecule has 0 saturated heterocycles. The Morgan fingerprint density at radius 3 is 2.62 bits per heavy atom. The smallest absolute Gasteiger partial charge is 0.255 e. The van der Waals surface area contributed by atoms with Gasteiger partial charge < -0.3 is 19.4 Å². The molecule has 0 spiro atoms. The van der Waals surface area contributed by atoms with Crippen LogP contribution in [0.4, 0.5) is 5.69 Å². The van der Waals surface area contributed by atoms with Crippen molar-refractivity contribution in [2.45, 2.75) is 20.5 Å². The lowest BCUT2D eigenvalue weighted by molar-refractivity contribution is 0.0773. The van der Waals surface area contributed by atoms with Crippen molar-refractivity contribution in [3.63, 3.8) is 0 Å². The number of amides is 2. The number of nitrogens with one attached hydrogen (secondary N) is 1. The molecule has 2 amide bonds. The SMILES string of the molecule is CCN(CC)C(=O)c1ccc(NC(=O)c2cccc(OCc3cn4ccccc4n3)c2)cc1Cl. The van der Waals surface area contributed by atoms with Gasteiger partial charge in [-0.25, -0.2) is 4.98 Å². The van der Waals surface area contributed by atoms with Crippen LogP contribution in [0.2, 0.25) is 5.02 Å². The summed E-state index contributed by atoms with van der Waals surface area (Å²) in [6.45, 7) is 5.31. The van der Waals surface area contributed by atoms with Crippen LogP contribution in [0.1, 0.15) is 40.3 Å². The molecule has 0 fully saturated rings. The van der Waals surface area contributed by atoms with Gasteiger partial charge in [0.15, 0.2) is 0 Å². The van der Waals surface area contributed by atoms with E-state index in [9.17, 15) is 9.59 Å². The predicted octanol–water partition coefficient (Wildman–Crippen LogP) is 5.30. The van der Waals surface area contributed by atoms with E-state index in [1.54, 1.807) is 47.4 Å². The molecule has 2 aromatic carbocycles. The molecule has 0 radical (unpaired) electrons. The van der Waals surface area contributed by atoms with Crippen molar-refractivity contribution >= 4 is 34.7 Å². The van der Waals surface area contributed by atoms with E-state index < -0.39 is 0 Å². The third-order valence-electron chi connectivity index (χ3n) is 5.40. The van der Waals surface area contributed by atoms with Gasteiger partial charge in [0.1, 0.15) is 18.0 Å². The number of rotatable bonds is 8. The number of pyridine rings is 1. The fourth-order valence-electron chi connectivity index (χ4n) is 3.59. The van der Waals surface area contributed by atoms with Gasteiger partial charge in [-0.1, -0.05) is 23.7 Å². The standard InChI is InChI=1S/C26H25ClN4O3/c1-3-30(4-2)26(33)22-12-11-19(15-23(22)27)29-25(32)18-8-7-9-21(14-18)34-17-20-16-31-13-6-5-10-24(31)28-20/h5-16H,3-4,17H2,1-2H3,(H,29,32). The Labute approximate surface area is 202 Å². The normalized spacial score (nSPS) is 10.8. The highest BCUT2D eigenvalue weighted by Gasteiger charge is 2.17. The van der Waals surface area contributed by atoms with E-state index in [1.165, 1.54) is 0 Å². The lowest BCUT2D eigenvalue weighted by Crippen LogP contribution is -2.30. The first-order valence-corrected chi connectivity index (χ1v) is 11.4. The maximum Gasteiger partial charge on any atom is 0.255 e. The van der Waals surface area contributed by atoms with Gasteiger partial charge in [-0.15, -0.1) is 0 Å². The Morgan fingerprint density at radius 1 is 1.06 bits per heavy atom. The van der Waals surface area contributed by atoms with E-state index in [2.05, 4.69) is 10.3 Å². The Kier molecular flexibility index (Phi) is 7.13. The van der Waals surface area contributed by atoms with Crippen molar-refractivity contribution in [3.05, 3.63) is 94.9 Å². The largest absolute Gasteiger partial charge is 0.487 e. The maximum absolute atomic E-state index is 12.8. The van der Waals surface area contributed by atoms with Crippen LogP contribution in [0, 0.1) is 0 Å². The first kappa shape index (κ1) is 23.3. The first-order chi connectivity index (χ1) is 16.5. The van der Waals surface area contributed by atoms with E-state index in [0.717, 1.165) is 11.3 Å². The Balaban J connectivity index is 1.42. The van der Waals surface area contributed by atoms with Gasteiger partial charge in [0, 0.05) is 36.7 Å². The minimum Gasteiger partial charge on any atom is -0.487 e. The zero-order valence-electron chi connectivity index (χ0n) is 19.0. The Morgan fingerprint density at radius 2 is 1.88 bits per heavy atom. The third-order valence-corrected chi connectivity index (χ3v) is 5.72. The molecule has 0 atom stereocenters. The molecule has 34 heavy (non-hydrogen) atoms. The number of imidazole rings is 1. The molecular formula is C26H25ClN4O3. The fourth-order valence-corrected chi connectivity index (χ4v) is 3.85. The van der Waals surface area contributed by atoms with Gasteiger partial charge in [-0.05, 0) is 62.4 Å². The number of aromatic nitrogens is 2. The van der Waals surface area contributed by atoms with Crippen molar-refractivity contribution in [3.8, 4) is 5.75 Å². The number of nitrogens with zero attached hydrogens (tertiary/aromatic N) is 3. The summed E-state index contributed by atoms with van der Waals surface area (Å²) < 4.78 is 7.77. The lowest BCUT2D eigenvalue weighted by Gasteiger charge is -2.19. The highest BCUT2D eigenvalue weighted by molar-refractivity contribution is 6.34. The highest BCUT2D eigenvalue weighted by atomic mass is 35.5. The fraction of sp³-hybridized carbons (Fsp3) is 0.192. The molecule has 0 aliphatic carbocycles. The zero-order chi connectivity index (χ0) is 24.1. The second-order valence-electron chi connectivity index (χ2n) is 7.64. The number of fused-ring (bicyclic) bond motifs is 1. The van der Waals surface area contributed by atoms with Gasteiger partial charge in [0.2, 0.25) is 0 Å². The van der Waals surface area contributed by atoms with E-state index in [0.29, 0.717) is 40.7 Å². The number of benzene rings is 2.